The fourth-order valence-corrected chi connectivity index (χ4v) is 2.40. The summed E-state index contributed by atoms with van der Waals surface area (Å²) < 4.78 is 0. The first kappa shape index (κ1) is 11.2. The molecule has 1 aromatic rings. The van der Waals surface area contributed by atoms with Crippen molar-refractivity contribution in [3.63, 3.8) is 0 Å². The number of benzene rings is 1. The quantitative estimate of drug-likeness (QED) is 0.723. The van der Waals surface area contributed by atoms with Crippen molar-refractivity contribution < 1.29 is 4.79 Å². The number of anilines is 1. The monoisotopic (exact) mass is 217 g/mol. The molecule has 0 atom stereocenters. The molecular formula is C14H19NO. The second-order valence-corrected chi connectivity index (χ2v) is 4.53. The van der Waals surface area contributed by atoms with Crippen LogP contribution in [0.15, 0.2) is 18.2 Å². The topological polar surface area (TPSA) is 20.3 Å². The summed E-state index contributed by atoms with van der Waals surface area (Å²) in [5.41, 5.74) is 3.95. The summed E-state index contributed by atoms with van der Waals surface area (Å²) in [5, 5.41) is 0. The molecule has 0 N–H and O–H groups in total. The van der Waals surface area contributed by atoms with E-state index in [0.717, 1.165) is 25.8 Å². The summed E-state index contributed by atoms with van der Waals surface area (Å²) in [4.78, 5) is 12.9. The van der Waals surface area contributed by atoms with E-state index in [1.807, 2.05) is 0 Å². The fraction of sp³-hybridized carbons (Fsp3) is 0.500. The third-order valence-electron chi connectivity index (χ3n) is 3.21. The summed E-state index contributed by atoms with van der Waals surface area (Å²) in [6.45, 7) is 4.44. The molecule has 1 aromatic carbocycles. The Morgan fingerprint density at radius 1 is 1.31 bits per heavy atom. The average molecular weight is 217 g/mol. The van der Waals surface area contributed by atoms with Crippen LogP contribution in [0, 0.1) is 6.92 Å². The third kappa shape index (κ3) is 2.43. The van der Waals surface area contributed by atoms with Gasteiger partial charge in [0.2, 0.25) is 0 Å². The first-order valence-corrected chi connectivity index (χ1v) is 6.09. The molecule has 1 aliphatic rings. The molecule has 0 unspecified atom stereocenters. The molecule has 86 valence electrons. The van der Waals surface area contributed by atoms with E-state index in [4.69, 9.17) is 0 Å². The number of hydrogen-bond acceptors (Lipinski definition) is 2. The zero-order valence-electron chi connectivity index (χ0n) is 9.91. The van der Waals surface area contributed by atoms with E-state index in [9.17, 15) is 4.79 Å². The molecule has 0 spiro atoms. The fourth-order valence-electron chi connectivity index (χ4n) is 2.40. The molecule has 1 aliphatic heterocycles. The van der Waals surface area contributed by atoms with Crippen LogP contribution in [0.3, 0.4) is 0 Å². The Morgan fingerprint density at radius 3 is 2.75 bits per heavy atom. The summed E-state index contributed by atoms with van der Waals surface area (Å²) in [5.74, 6) is 0. The maximum Gasteiger partial charge on any atom is 0.120 e. The van der Waals surface area contributed by atoms with Crippen molar-refractivity contribution in [2.24, 2.45) is 0 Å². The molecule has 0 amide bonds. The van der Waals surface area contributed by atoms with Gasteiger partial charge in [-0.15, -0.1) is 0 Å². The molecule has 0 saturated carbocycles. The van der Waals surface area contributed by atoms with Gasteiger partial charge < -0.3 is 9.69 Å². The van der Waals surface area contributed by atoms with Gasteiger partial charge in [0.15, 0.2) is 0 Å². The Balaban J connectivity index is 2.23. The lowest BCUT2D eigenvalue weighted by Gasteiger charge is -2.21. The zero-order valence-corrected chi connectivity index (χ0v) is 9.91. The van der Waals surface area contributed by atoms with Gasteiger partial charge in [0.25, 0.3) is 0 Å². The van der Waals surface area contributed by atoms with Crippen molar-refractivity contribution in [2.45, 2.75) is 32.6 Å². The van der Waals surface area contributed by atoms with E-state index in [-0.39, 0.29) is 0 Å². The molecule has 1 saturated heterocycles. The molecule has 2 rings (SSSR count). The first-order valence-electron chi connectivity index (χ1n) is 6.09. The Labute approximate surface area is 97.3 Å². The zero-order chi connectivity index (χ0) is 11.4. The largest absolute Gasteiger partial charge is 0.371 e. The van der Waals surface area contributed by atoms with E-state index in [2.05, 4.69) is 30.0 Å². The van der Waals surface area contributed by atoms with E-state index in [0.29, 0.717) is 6.42 Å². The van der Waals surface area contributed by atoms with Crippen molar-refractivity contribution in [1.29, 1.82) is 0 Å². The molecule has 1 heterocycles. The van der Waals surface area contributed by atoms with Gasteiger partial charge in [0, 0.05) is 25.2 Å². The van der Waals surface area contributed by atoms with Gasteiger partial charge in [0.05, 0.1) is 0 Å². The highest BCUT2D eigenvalue weighted by Gasteiger charge is 2.15. The number of carbonyl (C=O) groups is 1. The molecule has 0 radical (unpaired) electrons. The predicted molar refractivity (Wildman–Crippen MR) is 67.0 cm³/mol. The minimum absolute atomic E-state index is 0.629. The minimum Gasteiger partial charge on any atom is -0.371 e. The number of carbonyl (C=O) groups excluding carboxylic acids is 1. The lowest BCUT2D eigenvalue weighted by Crippen LogP contribution is -2.19. The lowest BCUT2D eigenvalue weighted by atomic mass is 10.0. The highest BCUT2D eigenvalue weighted by atomic mass is 16.1. The van der Waals surface area contributed by atoms with Gasteiger partial charge in [-0.2, -0.15) is 0 Å². The summed E-state index contributed by atoms with van der Waals surface area (Å²) in [7, 11) is 0. The van der Waals surface area contributed by atoms with Crippen molar-refractivity contribution in [2.75, 3.05) is 18.0 Å². The summed E-state index contributed by atoms with van der Waals surface area (Å²) in [6.07, 6.45) is 5.10. The predicted octanol–water partition coefficient (Wildman–Crippen LogP) is 2.73. The van der Waals surface area contributed by atoms with E-state index < -0.39 is 0 Å². The number of nitrogens with zero attached hydrogens (tertiary/aromatic N) is 1. The van der Waals surface area contributed by atoms with Crippen LogP contribution in [0.5, 0.6) is 0 Å². The van der Waals surface area contributed by atoms with Crippen LogP contribution in [-0.2, 0) is 11.2 Å². The van der Waals surface area contributed by atoms with Crippen LogP contribution in [0.4, 0.5) is 5.69 Å². The average Bonchev–Trinajstić information content (AvgIpc) is 2.80. The van der Waals surface area contributed by atoms with E-state index >= 15 is 0 Å². The van der Waals surface area contributed by atoms with Crippen LogP contribution in [-0.4, -0.2) is 19.4 Å². The van der Waals surface area contributed by atoms with E-state index in [1.165, 1.54) is 29.7 Å². The summed E-state index contributed by atoms with van der Waals surface area (Å²) in [6, 6.07) is 6.59. The molecule has 2 heteroatoms. The van der Waals surface area contributed by atoms with Gasteiger partial charge in [0.1, 0.15) is 6.29 Å². The highest BCUT2D eigenvalue weighted by molar-refractivity contribution is 5.58. The van der Waals surface area contributed by atoms with Gasteiger partial charge in [-0.25, -0.2) is 0 Å². The van der Waals surface area contributed by atoms with Crippen molar-refractivity contribution >= 4 is 12.0 Å². The molecule has 2 nitrogen and oxygen atoms in total. The van der Waals surface area contributed by atoms with Gasteiger partial charge >= 0.3 is 0 Å². The second kappa shape index (κ2) is 5.15. The maximum absolute atomic E-state index is 10.5. The Morgan fingerprint density at radius 2 is 2.06 bits per heavy atom. The minimum atomic E-state index is 0.629. The van der Waals surface area contributed by atoms with Crippen molar-refractivity contribution in [3.8, 4) is 0 Å². The van der Waals surface area contributed by atoms with Crippen LogP contribution < -0.4 is 4.90 Å². The van der Waals surface area contributed by atoms with E-state index in [1.54, 1.807) is 0 Å². The molecule has 0 aliphatic carbocycles. The highest BCUT2D eigenvalue weighted by Crippen LogP contribution is 2.26. The molecule has 0 aromatic heterocycles. The molecular weight excluding hydrogens is 198 g/mol. The van der Waals surface area contributed by atoms with Crippen LogP contribution in [0.2, 0.25) is 0 Å². The maximum atomic E-state index is 10.5. The van der Waals surface area contributed by atoms with Crippen molar-refractivity contribution in [1.82, 2.24) is 0 Å². The first-order chi connectivity index (χ1) is 7.81. The third-order valence-corrected chi connectivity index (χ3v) is 3.21. The van der Waals surface area contributed by atoms with Gasteiger partial charge in [-0.05, 0) is 37.8 Å². The number of hydrogen-bond donors (Lipinski definition) is 0. The molecule has 1 fully saturated rings. The number of aryl methyl sites for hydroxylation is 2. The SMILES string of the molecule is Cc1ccc(N2CCCC2)c(CCC=O)c1. The van der Waals surface area contributed by atoms with Crippen molar-refractivity contribution in [3.05, 3.63) is 29.3 Å². The van der Waals surface area contributed by atoms with Gasteiger partial charge in [-0.3, -0.25) is 0 Å². The second-order valence-electron chi connectivity index (χ2n) is 4.53. The lowest BCUT2D eigenvalue weighted by molar-refractivity contribution is -0.107. The standard InChI is InChI=1S/C14H19NO/c1-12-6-7-14(15-8-2-3-9-15)13(11-12)5-4-10-16/h6-7,10-11H,2-5,8-9H2,1H3. The number of aldehydes is 1. The number of rotatable bonds is 4. The summed E-state index contributed by atoms with van der Waals surface area (Å²) >= 11 is 0. The Hall–Kier alpha value is -1.31. The van der Waals surface area contributed by atoms with Crippen LogP contribution in [0.1, 0.15) is 30.4 Å². The normalized spacial score (nSPS) is 15.4. The molecule has 0 bridgehead atoms. The Bertz CT molecular complexity index is 367. The van der Waals surface area contributed by atoms with Gasteiger partial charge in [-0.1, -0.05) is 17.7 Å². The smallest absolute Gasteiger partial charge is 0.120 e. The Kier molecular flexibility index (Phi) is 3.60. The van der Waals surface area contributed by atoms with Crippen LogP contribution in [0.25, 0.3) is 0 Å². The van der Waals surface area contributed by atoms with Crippen LogP contribution >= 0.6 is 0 Å². The molecule has 16 heavy (non-hydrogen) atoms.